The molecule has 0 aliphatic heterocycles. The highest BCUT2D eigenvalue weighted by molar-refractivity contribution is 7.99. The van der Waals surface area contributed by atoms with Gasteiger partial charge in [-0.05, 0) is 36.1 Å². The van der Waals surface area contributed by atoms with Gasteiger partial charge in [0.15, 0.2) is 0 Å². The summed E-state index contributed by atoms with van der Waals surface area (Å²) in [6.07, 6.45) is 2.07. The van der Waals surface area contributed by atoms with E-state index in [1.165, 1.54) is 4.90 Å². The van der Waals surface area contributed by atoms with Gasteiger partial charge in [-0.2, -0.15) is 0 Å². The third-order valence-electron chi connectivity index (χ3n) is 3.68. The average molecular weight is 396 g/mol. The largest absolute Gasteiger partial charge is 0.130 e. The summed E-state index contributed by atoms with van der Waals surface area (Å²) in [5.41, 5.74) is 2.98. The molecular formula is C21H15S4. The minimum atomic E-state index is 0.832. The van der Waals surface area contributed by atoms with Crippen molar-refractivity contribution >= 4 is 58.2 Å². The topological polar surface area (TPSA) is 0 Å². The maximum Gasteiger partial charge on any atom is 0.0648 e. The third kappa shape index (κ3) is 4.39. The lowest BCUT2D eigenvalue weighted by atomic mass is 10.0. The molecule has 3 aromatic carbocycles. The molecule has 0 aromatic heterocycles. The molecule has 0 N–H and O–H groups in total. The molecule has 0 bridgehead atoms. The number of benzene rings is 3. The fourth-order valence-electron chi connectivity index (χ4n) is 2.41. The molecule has 0 nitrogen and oxygen atoms in total. The van der Waals surface area contributed by atoms with Gasteiger partial charge in [-0.25, -0.2) is 0 Å². The fourth-order valence-corrected chi connectivity index (χ4v) is 4.46. The minimum absolute atomic E-state index is 0.832. The van der Waals surface area contributed by atoms with Crippen molar-refractivity contribution in [1.29, 1.82) is 0 Å². The van der Waals surface area contributed by atoms with Gasteiger partial charge in [-0.1, -0.05) is 84.7 Å². The van der Waals surface area contributed by atoms with E-state index in [4.69, 9.17) is 24.4 Å². The number of thioether (sulfide) groups is 1. The van der Waals surface area contributed by atoms with Crippen LogP contribution in [0.25, 0.3) is 0 Å². The van der Waals surface area contributed by atoms with E-state index in [1.54, 1.807) is 23.5 Å². The molecule has 1 radical (unpaired) electrons. The highest BCUT2D eigenvalue weighted by atomic mass is 32.2. The van der Waals surface area contributed by atoms with Gasteiger partial charge in [0, 0.05) is 25.8 Å². The zero-order valence-corrected chi connectivity index (χ0v) is 16.8. The zero-order chi connectivity index (χ0) is 17.6. The Hall–Kier alpha value is -1.46. The quantitative estimate of drug-likeness (QED) is 0.263. The summed E-state index contributed by atoms with van der Waals surface area (Å²) in [4.78, 5) is 4.27. The fraction of sp³-hybridized carbons (Fsp3) is 0.0476. The highest BCUT2D eigenvalue weighted by Crippen LogP contribution is 2.34. The van der Waals surface area contributed by atoms with Gasteiger partial charge in [-0.3, -0.25) is 0 Å². The molecule has 0 unspecified atom stereocenters. The summed E-state index contributed by atoms with van der Waals surface area (Å²) in [5.74, 6) is 0. The Morgan fingerprint density at radius 1 is 0.840 bits per heavy atom. The molecule has 25 heavy (non-hydrogen) atoms. The standard InChI is InChI=1S/C21H15S4/c1-24-17-12-10-15(11-13-17)20(23)19-9-5-6-16(14-22)21(19)25-18-7-3-2-4-8-18/h2-13H,1H3. The monoisotopic (exact) mass is 395 g/mol. The smallest absolute Gasteiger partial charge is 0.0648 e. The molecule has 0 spiro atoms. The normalized spacial score (nSPS) is 10.4. The predicted octanol–water partition coefficient (Wildman–Crippen LogP) is 6.55. The van der Waals surface area contributed by atoms with Crippen molar-refractivity contribution in [3.8, 4) is 0 Å². The predicted molar refractivity (Wildman–Crippen MR) is 118 cm³/mol. The van der Waals surface area contributed by atoms with Crippen molar-refractivity contribution in [1.82, 2.24) is 0 Å². The Morgan fingerprint density at radius 3 is 2.20 bits per heavy atom. The lowest BCUT2D eigenvalue weighted by Crippen LogP contribution is -2.03. The molecule has 0 heterocycles. The van der Waals surface area contributed by atoms with Crippen LogP contribution in [0.2, 0.25) is 0 Å². The maximum absolute atomic E-state index is 5.80. The molecule has 0 atom stereocenters. The zero-order valence-electron chi connectivity index (χ0n) is 13.6. The first-order valence-electron chi connectivity index (χ1n) is 7.65. The van der Waals surface area contributed by atoms with Crippen LogP contribution in [0.15, 0.2) is 87.5 Å². The van der Waals surface area contributed by atoms with E-state index in [-0.39, 0.29) is 0 Å². The molecule has 4 heteroatoms. The molecule has 0 amide bonds. The molecule has 0 saturated heterocycles. The molecule has 3 aromatic rings. The minimum Gasteiger partial charge on any atom is -0.130 e. The summed E-state index contributed by atoms with van der Waals surface area (Å²) in [6, 6.07) is 24.7. The van der Waals surface area contributed by atoms with Crippen molar-refractivity contribution in [3.63, 3.8) is 0 Å². The van der Waals surface area contributed by atoms with Crippen LogP contribution < -0.4 is 0 Å². The van der Waals surface area contributed by atoms with Crippen LogP contribution in [0.5, 0.6) is 0 Å². The van der Waals surface area contributed by atoms with E-state index >= 15 is 0 Å². The molecule has 0 saturated carbocycles. The molecule has 0 aliphatic rings. The summed E-state index contributed by atoms with van der Waals surface area (Å²) in [7, 11) is 0. The first-order valence-corrected chi connectivity index (χ1v) is 10.5. The van der Waals surface area contributed by atoms with Gasteiger partial charge >= 0.3 is 0 Å². The lowest BCUT2D eigenvalue weighted by molar-refractivity contribution is 1.37. The van der Waals surface area contributed by atoms with E-state index in [9.17, 15) is 0 Å². The maximum atomic E-state index is 5.80. The summed E-state index contributed by atoms with van der Waals surface area (Å²) in [5, 5.41) is 2.88. The van der Waals surface area contributed by atoms with Crippen LogP contribution in [0.3, 0.4) is 0 Å². The van der Waals surface area contributed by atoms with Gasteiger partial charge in [0.05, 0.1) is 10.2 Å². The second-order valence-electron chi connectivity index (χ2n) is 5.26. The second kappa shape index (κ2) is 8.77. The summed E-state index contributed by atoms with van der Waals surface area (Å²) >= 11 is 14.3. The van der Waals surface area contributed by atoms with Crippen LogP contribution in [-0.2, 0) is 0 Å². The lowest BCUT2D eigenvalue weighted by Gasteiger charge is -2.13. The molecular weight excluding hydrogens is 380 g/mol. The molecule has 3 rings (SSSR count). The summed E-state index contributed by atoms with van der Waals surface area (Å²) in [6.45, 7) is 0. The van der Waals surface area contributed by atoms with E-state index in [1.807, 2.05) is 30.3 Å². The third-order valence-corrected chi connectivity index (χ3v) is 6.26. The first kappa shape index (κ1) is 18.3. The Balaban J connectivity index is 2.02. The van der Waals surface area contributed by atoms with Gasteiger partial charge in [0.25, 0.3) is 0 Å². The van der Waals surface area contributed by atoms with Crippen LogP contribution in [0, 0.1) is 0 Å². The number of rotatable bonds is 6. The Labute approximate surface area is 168 Å². The van der Waals surface area contributed by atoms with E-state index in [0.29, 0.717) is 0 Å². The van der Waals surface area contributed by atoms with Crippen LogP contribution in [0.1, 0.15) is 16.7 Å². The van der Waals surface area contributed by atoms with Gasteiger partial charge in [0.1, 0.15) is 0 Å². The number of thiocarbonyl (C=S) groups is 2. The first-order chi connectivity index (χ1) is 12.2. The van der Waals surface area contributed by atoms with E-state index in [0.717, 1.165) is 31.3 Å². The number of hydrogen-bond acceptors (Lipinski definition) is 4. The van der Waals surface area contributed by atoms with Crippen molar-refractivity contribution in [2.24, 2.45) is 0 Å². The SMILES string of the molecule is CSc1ccc(C(=S)c2cccc([C]=S)c2Sc2ccccc2)cc1. The van der Waals surface area contributed by atoms with Crippen molar-refractivity contribution in [2.45, 2.75) is 14.7 Å². The molecule has 123 valence electrons. The Bertz CT molecular complexity index is 884. The summed E-state index contributed by atoms with van der Waals surface area (Å²) < 4.78 is 0. The van der Waals surface area contributed by atoms with E-state index in [2.05, 4.69) is 54.1 Å². The average Bonchev–Trinajstić information content (AvgIpc) is 2.68. The van der Waals surface area contributed by atoms with Crippen LogP contribution >= 0.6 is 48.0 Å². The van der Waals surface area contributed by atoms with Crippen LogP contribution in [0.4, 0.5) is 0 Å². The van der Waals surface area contributed by atoms with Crippen molar-refractivity contribution < 1.29 is 0 Å². The second-order valence-corrected chi connectivity index (χ2v) is 7.83. The van der Waals surface area contributed by atoms with Crippen molar-refractivity contribution in [3.05, 3.63) is 89.5 Å². The van der Waals surface area contributed by atoms with Gasteiger partial charge < -0.3 is 0 Å². The molecule has 0 aliphatic carbocycles. The Morgan fingerprint density at radius 2 is 1.56 bits per heavy atom. The Kier molecular flexibility index (Phi) is 6.43. The van der Waals surface area contributed by atoms with E-state index < -0.39 is 0 Å². The van der Waals surface area contributed by atoms with Crippen molar-refractivity contribution in [2.75, 3.05) is 6.26 Å². The van der Waals surface area contributed by atoms with Gasteiger partial charge in [0.2, 0.25) is 0 Å². The van der Waals surface area contributed by atoms with Crippen LogP contribution in [-0.4, -0.2) is 16.5 Å². The van der Waals surface area contributed by atoms with Gasteiger partial charge in [-0.15, -0.1) is 11.8 Å². The highest BCUT2D eigenvalue weighted by Gasteiger charge is 2.14. The molecule has 0 fully saturated rings. The number of hydrogen-bond donors (Lipinski definition) is 0.